The summed E-state index contributed by atoms with van der Waals surface area (Å²) in [7, 11) is 0. The molecule has 8 heteroatoms. The zero-order valence-corrected chi connectivity index (χ0v) is 14.4. The number of carbonyl (C=O) groups excluding carboxylic acids is 2. The predicted molar refractivity (Wildman–Crippen MR) is 89.1 cm³/mol. The number of hydrogen-bond acceptors (Lipinski definition) is 3. The zero-order valence-electron chi connectivity index (χ0n) is 12.8. The molecule has 0 atom stereocenters. The van der Waals surface area contributed by atoms with Gasteiger partial charge >= 0.3 is 0 Å². The Morgan fingerprint density at radius 3 is 2.58 bits per heavy atom. The second kappa shape index (κ2) is 8.21. The van der Waals surface area contributed by atoms with Crippen molar-refractivity contribution >= 4 is 34.8 Å². The molecule has 2 amide bonds. The standard InChI is InChI=1S/C16H15ClF2N2O2S/c1-2-21(9-11-4-6-14(17)24-11)15(22)8-20-16(23)12-5-3-10(18)7-13(12)19/h3-7H,2,8-9H2,1H3,(H,20,23). The topological polar surface area (TPSA) is 49.4 Å². The molecule has 1 aromatic heterocycles. The second-order valence-electron chi connectivity index (χ2n) is 4.92. The van der Waals surface area contributed by atoms with Gasteiger partial charge in [-0.3, -0.25) is 9.59 Å². The molecular weight excluding hydrogens is 358 g/mol. The Morgan fingerprint density at radius 1 is 1.25 bits per heavy atom. The molecule has 1 heterocycles. The molecule has 0 aliphatic rings. The summed E-state index contributed by atoms with van der Waals surface area (Å²) in [5, 5.41) is 2.35. The van der Waals surface area contributed by atoms with Gasteiger partial charge in [0.1, 0.15) is 11.6 Å². The molecule has 0 unspecified atom stereocenters. The van der Waals surface area contributed by atoms with Crippen molar-refractivity contribution < 1.29 is 18.4 Å². The summed E-state index contributed by atoms with van der Waals surface area (Å²) in [4.78, 5) is 26.6. The number of likely N-dealkylation sites (N-methyl/N-ethyl adjacent to an activating group) is 1. The van der Waals surface area contributed by atoms with E-state index in [1.807, 2.05) is 13.0 Å². The van der Waals surface area contributed by atoms with Crippen molar-refractivity contribution in [1.82, 2.24) is 10.2 Å². The summed E-state index contributed by atoms with van der Waals surface area (Å²) >= 11 is 7.23. The molecule has 0 radical (unpaired) electrons. The molecule has 0 spiro atoms. The van der Waals surface area contributed by atoms with Gasteiger partial charge in [-0.05, 0) is 31.2 Å². The van der Waals surface area contributed by atoms with Crippen LogP contribution in [-0.4, -0.2) is 29.8 Å². The van der Waals surface area contributed by atoms with Crippen molar-refractivity contribution in [3.8, 4) is 0 Å². The van der Waals surface area contributed by atoms with Crippen molar-refractivity contribution in [2.24, 2.45) is 0 Å². The molecular formula is C16H15ClF2N2O2S. The number of amides is 2. The third-order valence-corrected chi connectivity index (χ3v) is 4.50. The molecule has 2 rings (SSSR count). The van der Waals surface area contributed by atoms with Crippen molar-refractivity contribution in [1.29, 1.82) is 0 Å². The molecule has 4 nitrogen and oxygen atoms in total. The maximum Gasteiger partial charge on any atom is 0.254 e. The predicted octanol–water partition coefficient (Wildman–Crippen LogP) is 3.46. The monoisotopic (exact) mass is 372 g/mol. The van der Waals surface area contributed by atoms with Crippen molar-refractivity contribution in [2.75, 3.05) is 13.1 Å². The normalized spacial score (nSPS) is 10.5. The average molecular weight is 373 g/mol. The largest absolute Gasteiger partial charge is 0.343 e. The van der Waals surface area contributed by atoms with E-state index < -0.39 is 17.5 Å². The highest BCUT2D eigenvalue weighted by atomic mass is 35.5. The average Bonchev–Trinajstić information content (AvgIpc) is 2.95. The minimum Gasteiger partial charge on any atom is -0.343 e. The lowest BCUT2D eigenvalue weighted by atomic mass is 10.2. The van der Waals surface area contributed by atoms with Crippen LogP contribution in [0, 0.1) is 11.6 Å². The minimum atomic E-state index is -0.972. The Kier molecular flexibility index (Phi) is 6.28. The lowest BCUT2D eigenvalue weighted by Crippen LogP contribution is -2.39. The van der Waals surface area contributed by atoms with E-state index in [1.54, 1.807) is 11.0 Å². The van der Waals surface area contributed by atoms with E-state index in [9.17, 15) is 18.4 Å². The highest BCUT2D eigenvalue weighted by molar-refractivity contribution is 7.16. The van der Waals surface area contributed by atoms with Crippen LogP contribution in [0.25, 0.3) is 0 Å². The van der Waals surface area contributed by atoms with E-state index in [-0.39, 0.29) is 18.0 Å². The molecule has 0 saturated heterocycles. The smallest absolute Gasteiger partial charge is 0.254 e. The van der Waals surface area contributed by atoms with Gasteiger partial charge in [0.05, 0.1) is 23.0 Å². The van der Waals surface area contributed by atoms with Gasteiger partial charge in [-0.1, -0.05) is 11.6 Å². The highest BCUT2D eigenvalue weighted by Gasteiger charge is 2.17. The van der Waals surface area contributed by atoms with Crippen LogP contribution >= 0.6 is 22.9 Å². The van der Waals surface area contributed by atoms with Gasteiger partial charge in [0.15, 0.2) is 0 Å². The molecule has 1 aromatic carbocycles. The van der Waals surface area contributed by atoms with Crippen LogP contribution in [-0.2, 0) is 11.3 Å². The molecule has 1 N–H and O–H groups in total. The maximum absolute atomic E-state index is 13.5. The molecule has 128 valence electrons. The van der Waals surface area contributed by atoms with Crippen molar-refractivity contribution in [3.63, 3.8) is 0 Å². The van der Waals surface area contributed by atoms with E-state index in [4.69, 9.17) is 11.6 Å². The summed E-state index contributed by atoms with van der Waals surface area (Å²) in [6, 6.07) is 6.22. The SMILES string of the molecule is CCN(Cc1ccc(Cl)s1)C(=O)CNC(=O)c1ccc(F)cc1F. The highest BCUT2D eigenvalue weighted by Crippen LogP contribution is 2.22. The Bertz CT molecular complexity index is 751. The third-order valence-electron chi connectivity index (χ3n) is 3.29. The summed E-state index contributed by atoms with van der Waals surface area (Å²) < 4.78 is 27.0. The number of nitrogens with zero attached hydrogens (tertiary/aromatic N) is 1. The van der Waals surface area contributed by atoms with Crippen LogP contribution < -0.4 is 5.32 Å². The fourth-order valence-corrected chi connectivity index (χ4v) is 3.14. The van der Waals surface area contributed by atoms with Gasteiger partial charge in [0.25, 0.3) is 5.91 Å². The lowest BCUT2D eigenvalue weighted by molar-refractivity contribution is -0.130. The van der Waals surface area contributed by atoms with E-state index in [1.165, 1.54) is 11.3 Å². The summed E-state index contributed by atoms with van der Waals surface area (Å²) in [5.41, 5.74) is -0.308. The van der Waals surface area contributed by atoms with Gasteiger partial charge in [-0.25, -0.2) is 8.78 Å². The van der Waals surface area contributed by atoms with E-state index in [0.717, 1.165) is 17.0 Å². The molecule has 0 aliphatic carbocycles. The number of halogens is 3. The summed E-state index contributed by atoms with van der Waals surface area (Å²) in [6.07, 6.45) is 0. The van der Waals surface area contributed by atoms with E-state index in [0.29, 0.717) is 23.5 Å². The number of benzene rings is 1. The van der Waals surface area contributed by atoms with Crippen molar-refractivity contribution in [3.05, 3.63) is 56.7 Å². The molecule has 0 aliphatic heterocycles. The number of carbonyl (C=O) groups is 2. The van der Waals surface area contributed by atoms with Crippen LogP contribution in [0.15, 0.2) is 30.3 Å². The summed E-state index contributed by atoms with van der Waals surface area (Å²) in [6.45, 7) is 2.37. The van der Waals surface area contributed by atoms with Crippen molar-refractivity contribution in [2.45, 2.75) is 13.5 Å². The van der Waals surface area contributed by atoms with Gasteiger partial charge in [-0.15, -0.1) is 11.3 Å². The van der Waals surface area contributed by atoms with Crippen LogP contribution in [0.4, 0.5) is 8.78 Å². The lowest BCUT2D eigenvalue weighted by Gasteiger charge is -2.20. The fraction of sp³-hybridized carbons (Fsp3) is 0.250. The summed E-state index contributed by atoms with van der Waals surface area (Å²) in [5.74, 6) is -2.82. The number of thiophene rings is 1. The van der Waals surface area contributed by atoms with Gasteiger partial charge in [0.2, 0.25) is 5.91 Å². The first-order chi connectivity index (χ1) is 11.4. The minimum absolute atomic E-state index is 0.275. The Morgan fingerprint density at radius 2 is 2.00 bits per heavy atom. The molecule has 0 saturated carbocycles. The first kappa shape index (κ1) is 18.4. The van der Waals surface area contributed by atoms with Crippen LogP contribution in [0.1, 0.15) is 22.2 Å². The zero-order chi connectivity index (χ0) is 17.7. The number of nitrogens with one attached hydrogen (secondary N) is 1. The first-order valence-corrected chi connectivity index (χ1v) is 8.35. The van der Waals surface area contributed by atoms with E-state index >= 15 is 0 Å². The molecule has 2 aromatic rings. The van der Waals surface area contributed by atoms with Crippen LogP contribution in [0.3, 0.4) is 0 Å². The molecule has 0 bridgehead atoms. The van der Waals surface area contributed by atoms with Crippen LogP contribution in [0.5, 0.6) is 0 Å². The van der Waals surface area contributed by atoms with Gasteiger partial charge < -0.3 is 10.2 Å². The maximum atomic E-state index is 13.5. The Balaban J connectivity index is 1.94. The number of hydrogen-bond donors (Lipinski definition) is 1. The Hall–Kier alpha value is -1.99. The quantitative estimate of drug-likeness (QED) is 0.844. The molecule has 24 heavy (non-hydrogen) atoms. The van der Waals surface area contributed by atoms with E-state index in [2.05, 4.69) is 5.32 Å². The number of rotatable bonds is 6. The van der Waals surface area contributed by atoms with Gasteiger partial charge in [-0.2, -0.15) is 0 Å². The van der Waals surface area contributed by atoms with Gasteiger partial charge in [0, 0.05) is 17.5 Å². The molecule has 0 fully saturated rings. The first-order valence-electron chi connectivity index (χ1n) is 7.16. The Labute approximate surface area is 147 Å². The fourth-order valence-electron chi connectivity index (χ4n) is 2.04. The second-order valence-corrected chi connectivity index (χ2v) is 6.72. The van der Waals surface area contributed by atoms with Crippen LogP contribution in [0.2, 0.25) is 4.34 Å². The third kappa shape index (κ3) is 4.75.